The first-order valence-corrected chi connectivity index (χ1v) is 5.21. The Morgan fingerprint density at radius 1 is 1.27 bits per heavy atom. The van der Waals surface area contributed by atoms with Gasteiger partial charge < -0.3 is 10.4 Å². The Bertz CT molecular complexity index is 303. The summed E-state index contributed by atoms with van der Waals surface area (Å²) in [5.74, 6) is -0.532. The number of hydrogen-bond acceptors (Lipinski definition) is 2. The highest BCUT2D eigenvalue weighted by atomic mass is 16.4. The number of rotatable bonds is 5. The zero-order chi connectivity index (χ0) is 11.4. The average Bonchev–Trinajstić information content (AvgIpc) is 2.99. The van der Waals surface area contributed by atoms with E-state index < -0.39 is 5.97 Å². The van der Waals surface area contributed by atoms with Crippen molar-refractivity contribution in [1.29, 1.82) is 0 Å². The van der Waals surface area contributed by atoms with Crippen LogP contribution in [-0.2, 0) is 9.59 Å². The highest BCUT2D eigenvalue weighted by Crippen LogP contribution is 2.31. The van der Waals surface area contributed by atoms with Crippen LogP contribution in [0, 0.1) is 5.92 Å². The summed E-state index contributed by atoms with van der Waals surface area (Å²) < 4.78 is 0. The summed E-state index contributed by atoms with van der Waals surface area (Å²) in [7, 11) is 0. The van der Waals surface area contributed by atoms with E-state index in [0.717, 1.165) is 12.3 Å². The molecule has 1 amide bonds. The van der Waals surface area contributed by atoms with E-state index in [-0.39, 0.29) is 11.5 Å². The smallest absolute Gasteiger partial charge is 0.331 e. The van der Waals surface area contributed by atoms with Crippen molar-refractivity contribution in [3.8, 4) is 0 Å². The van der Waals surface area contributed by atoms with E-state index in [2.05, 4.69) is 5.32 Å². The number of carboxylic acid groups (broad SMARTS) is 1. The predicted molar refractivity (Wildman–Crippen MR) is 56.4 cm³/mol. The number of aliphatic carboxylic acids is 1. The Balaban J connectivity index is 2.37. The van der Waals surface area contributed by atoms with E-state index in [1.54, 1.807) is 0 Å². The van der Waals surface area contributed by atoms with Gasteiger partial charge in [0.2, 0.25) is 5.91 Å². The molecule has 0 radical (unpaired) electrons. The fraction of sp³-hybridized carbons (Fsp3) is 0.636. The lowest BCUT2D eigenvalue weighted by Crippen LogP contribution is -2.26. The van der Waals surface area contributed by atoms with Crippen molar-refractivity contribution < 1.29 is 14.7 Å². The third-order valence-electron chi connectivity index (χ3n) is 2.76. The number of carbonyl (C=O) groups excluding carboxylic acids is 1. The molecule has 0 bridgehead atoms. The van der Waals surface area contributed by atoms with Crippen molar-refractivity contribution in [1.82, 2.24) is 5.32 Å². The van der Waals surface area contributed by atoms with Crippen LogP contribution in [0.2, 0.25) is 0 Å². The third kappa shape index (κ3) is 3.73. The fourth-order valence-electron chi connectivity index (χ4n) is 1.26. The van der Waals surface area contributed by atoms with Crippen molar-refractivity contribution in [2.75, 3.05) is 6.54 Å². The van der Waals surface area contributed by atoms with Gasteiger partial charge in [-0.05, 0) is 26.2 Å². The molecule has 1 saturated carbocycles. The van der Waals surface area contributed by atoms with Crippen LogP contribution in [0.25, 0.3) is 0 Å². The minimum Gasteiger partial charge on any atom is -0.478 e. The standard InChI is InChI=1S/C11H17NO3/c1-7(8(2)11(14)15)10(13)12-6-5-9-3-4-9/h9H,3-6H2,1-2H3,(H,12,13)(H,14,15). The van der Waals surface area contributed by atoms with Crippen LogP contribution < -0.4 is 5.32 Å². The lowest BCUT2D eigenvalue weighted by Gasteiger charge is -2.06. The second kappa shape index (κ2) is 4.96. The zero-order valence-electron chi connectivity index (χ0n) is 9.17. The summed E-state index contributed by atoms with van der Waals surface area (Å²) in [4.78, 5) is 22.1. The largest absolute Gasteiger partial charge is 0.478 e. The molecule has 1 fully saturated rings. The Labute approximate surface area is 89.4 Å². The van der Waals surface area contributed by atoms with Gasteiger partial charge in [-0.2, -0.15) is 0 Å². The first-order chi connectivity index (χ1) is 7.02. The molecule has 4 heteroatoms. The molecule has 0 spiro atoms. The highest BCUT2D eigenvalue weighted by Gasteiger charge is 2.21. The molecule has 0 aromatic heterocycles. The molecule has 15 heavy (non-hydrogen) atoms. The Hall–Kier alpha value is -1.32. The first kappa shape index (κ1) is 11.8. The molecule has 0 saturated heterocycles. The van der Waals surface area contributed by atoms with Gasteiger partial charge >= 0.3 is 5.97 Å². The quantitative estimate of drug-likeness (QED) is 0.674. The molecule has 0 aliphatic heterocycles. The minimum absolute atomic E-state index is 0.110. The maximum Gasteiger partial charge on any atom is 0.331 e. The van der Waals surface area contributed by atoms with E-state index in [4.69, 9.17) is 5.11 Å². The molecule has 0 unspecified atom stereocenters. The molecule has 0 heterocycles. The Morgan fingerprint density at radius 3 is 2.33 bits per heavy atom. The summed E-state index contributed by atoms with van der Waals surface area (Å²) in [6.07, 6.45) is 3.53. The van der Waals surface area contributed by atoms with Gasteiger partial charge in [-0.1, -0.05) is 12.8 Å². The molecule has 84 valence electrons. The van der Waals surface area contributed by atoms with Crippen molar-refractivity contribution >= 4 is 11.9 Å². The molecule has 0 atom stereocenters. The van der Waals surface area contributed by atoms with Crippen molar-refractivity contribution in [3.05, 3.63) is 11.1 Å². The summed E-state index contributed by atoms with van der Waals surface area (Å²) in [6, 6.07) is 0. The van der Waals surface area contributed by atoms with Gasteiger partial charge in [-0.15, -0.1) is 0 Å². The normalized spacial score (nSPS) is 16.9. The van der Waals surface area contributed by atoms with Gasteiger partial charge in [-0.25, -0.2) is 4.79 Å². The molecule has 1 aliphatic rings. The second-order valence-corrected chi connectivity index (χ2v) is 4.04. The van der Waals surface area contributed by atoms with Crippen LogP contribution in [0.4, 0.5) is 0 Å². The number of carbonyl (C=O) groups is 2. The summed E-state index contributed by atoms with van der Waals surface area (Å²) in [5, 5.41) is 11.4. The number of amides is 1. The lowest BCUT2D eigenvalue weighted by atomic mass is 10.1. The van der Waals surface area contributed by atoms with Crippen molar-refractivity contribution in [2.45, 2.75) is 33.1 Å². The topological polar surface area (TPSA) is 66.4 Å². The molecule has 1 aliphatic carbocycles. The average molecular weight is 211 g/mol. The lowest BCUT2D eigenvalue weighted by molar-refractivity contribution is -0.133. The van der Waals surface area contributed by atoms with Crippen molar-refractivity contribution in [2.24, 2.45) is 5.92 Å². The maximum absolute atomic E-state index is 11.5. The third-order valence-corrected chi connectivity index (χ3v) is 2.76. The van der Waals surface area contributed by atoms with Gasteiger partial charge in [0.25, 0.3) is 0 Å². The summed E-state index contributed by atoms with van der Waals surface area (Å²) in [6.45, 7) is 3.63. The minimum atomic E-state index is -1.04. The maximum atomic E-state index is 11.5. The highest BCUT2D eigenvalue weighted by molar-refractivity contribution is 6.01. The molecular weight excluding hydrogens is 194 g/mol. The monoisotopic (exact) mass is 211 g/mol. The number of carboxylic acids is 1. The van der Waals surface area contributed by atoms with Gasteiger partial charge in [0.1, 0.15) is 0 Å². The Kier molecular flexibility index (Phi) is 3.88. The Morgan fingerprint density at radius 2 is 1.87 bits per heavy atom. The van der Waals surface area contributed by atoms with Crippen LogP contribution in [0.3, 0.4) is 0 Å². The number of hydrogen-bond donors (Lipinski definition) is 2. The molecular formula is C11H17NO3. The van der Waals surface area contributed by atoms with Gasteiger partial charge in [0.05, 0.1) is 0 Å². The molecule has 0 aromatic rings. The second-order valence-electron chi connectivity index (χ2n) is 4.04. The van der Waals surface area contributed by atoms with Crippen LogP contribution >= 0.6 is 0 Å². The molecule has 0 aromatic carbocycles. The van der Waals surface area contributed by atoms with Crippen LogP contribution in [0.15, 0.2) is 11.1 Å². The van der Waals surface area contributed by atoms with E-state index >= 15 is 0 Å². The number of nitrogens with one attached hydrogen (secondary N) is 1. The molecule has 4 nitrogen and oxygen atoms in total. The summed E-state index contributed by atoms with van der Waals surface area (Å²) in [5.41, 5.74) is 0.400. The van der Waals surface area contributed by atoms with Gasteiger partial charge in [0.15, 0.2) is 0 Å². The summed E-state index contributed by atoms with van der Waals surface area (Å²) >= 11 is 0. The first-order valence-electron chi connectivity index (χ1n) is 5.21. The SMILES string of the molecule is CC(C(=O)O)=C(C)C(=O)NCCC1CC1. The zero-order valence-corrected chi connectivity index (χ0v) is 9.17. The van der Waals surface area contributed by atoms with Crippen molar-refractivity contribution in [3.63, 3.8) is 0 Å². The molecule has 1 rings (SSSR count). The van der Waals surface area contributed by atoms with Crippen LogP contribution in [-0.4, -0.2) is 23.5 Å². The van der Waals surface area contributed by atoms with E-state index in [0.29, 0.717) is 12.1 Å². The van der Waals surface area contributed by atoms with E-state index in [9.17, 15) is 9.59 Å². The van der Waals surface area contributed by atoms with Gasteiger partial charge in [-0.3, -0.25) is 4.79 Å². The van der Waals surface area contributed by atoms with E-state index in [1.807, 2.05) is 0 Å². The fourth-order valence-corrected chi connectivity index (χ4v) is 1.26. The van der Waals surface area contributed by atoms with Crippen LogP contribution in [0.1, 0.15) is 33.1 Å². The van der Waals surface area contributed by atoms with Gasteiger partial charge in [0, 0.05) is 17.7 Å². The van der Waals surface area contributed by atoms with E-state index in [1.165, 1.54) is 26.7 Å². The van der Waals surface area contributed by atoms with Crippen LogP contribution in [0.5, 0.6) is 0 Å². The predicted octanol–water partition coefficient (Wildman–Crippen LogP) is 1.32. The molecule has 2 N–H and O–H groups in total.